The highest BCUT2D eigenvalue weighted by atomic mass is 16.2. The summed E-state index contributed by atoms with van der Waals surface area (Å²) in [5, 5.41) is 10.0. The highest BCUT2D eigenvalue weighted by Gasteiger charge is 2.21. The van der Waals surface area contributed by atoms with Gasteiger partial charge in [-0.15, -0.1) is 0 Å². The van der Waals surface area contributed by atoms with Gasteiger partial charge in [0.1, 0.15) is 5.65 Å². The largest absolute Gasteiger partial charge is 0.395 e. The SMILES string of the molecule is CC(=O)N1CC=C(c2[nH]c3ncc(C#CCCO)cc3c2CC(C)C)CC1. The van der Waals surface area contributed by atoms with E-state index >= 15 is 0 Å². The Labute approximate surface area is 160 Å². The predicted molar refractivity (Wildman–Crippen MR) is 108 cm³/mol. The molecule has 0 saturated carbocycles. The molecule has 3 heterocycles. The molecular weight excluding hydrogens is 338 g/mol. The molecule has 0 atom stereocenters. The van der Waals surface area contributed by atoms with Crippen LogP contribution in [0.4, 0.5) is 0 Å². The van der Waals surface area contributed by atoms with Crippen molar-refractivity contribution in [2.75, 3.05) is 19.7 Å². The van der Waals surface area contributed by atoms with Crippen LogP contribution in [-0.4, -0.2) is 45.6 Å². The van der Waals surface area contributed by atoms with Gasteiger partial charge in [-0.25, -0.2) is 4.98 Å². The fourth-order valence-electron chi connectivity index (χ4n) is 3.49. The number of aromatic nitrogens is 2. The molecule has 0 unspecified atom stereocenters. The van der Waals surface area contributed by atoms with Gasteiger partial charge in [-0.2, -0.15) is 0 Å². The molecule has 27 heavy (non-hydrogen) atoms. The number of aliphatic hydroxyl groups is 1. The number of rotatable bonds is 4. The first-order valence-electron chi connectivity index (χ1n) is 9.54. The fraction of sp³-hybridized carbons (Fsp3) is 0.455. The van der Waals surface area contributed by atoms with E-state index in [1.807, 2.05) is 4.90 Å². The van der Waals surface area contributed by atoms with Gasteiger partial charge in [0.25, 0.3) is 0 Å². The number of pyridine rings is 1. The van der Waals surface area contributed by atoms with E-state index in [-0.39, 0.29) is 12.5 Å². The number of fused-ring (bicyclic) bond motifs is 1. The molecule has 0 saturated heterocycles. The maximum absolute atomic E-state index is 11.6. The van der Waals surface area contributed by atoms with Crippen LogP contribution >= 0.6 is 0 Å². The lowest BCUT2D eigenvalue weighted by Gasteiger charge is -2.25. The number of aromatic amines is 1. The van der Waals surface area contributed by atoms with Gasteiger partial charge >= 0.3 is 0 Å². The maximum Gasteiger partial charge on any atom is 0.219 e. The van der Waals surface area contributed by atoms with Gasteiger partial charge in [-0.1, -0.05) is 31.8 Å². The van der Waals surface area contributed by atoms with E-state index in [2.05, 4.69) is 47.8 Å². The van der Waals surface area contributed by atoms with Gasteiger partial charge in [0.2, 0.25) is 5.91 Å². The first kappa shape index (κ1) is 19.2. The first-order valence-corrected chi connectivity index (χ1v) is 9.54. The van der Waals surface area contributed by atoms with Crippen LogP contribution in [0.2, 0.25) is 0 Å². The van der Waals surface area contributed by atoms with E-state index in [9.17, 15) is 4.79 Å². The summed E-state index contributed by atoms with van der Waals surface area (Å²) in [6.07, 6.45) is 6.20. The van der Waals surface area contributed by atoms with Gasteiger partial charge < -0.3 is 15.0 Å². The quantitative estimate of drug-likeness (QED) is 0.818. The highest BCUT2D eigenvalue weighted by Crippen LogP contribution is 2.32. The van der Waals surface area contributed by atoms with Crippen LogP contribution in [0, 0.1) is 17.8 Å². The molecule has 0 aliphatic carbocycles. The molecule has 142 valence electrons. The summed E-state index contributed by atoms with van der Waals surface area (Å²) in [7, 11) is 0. The van der Waals surface area contributed by atoms with Crippen molar-refractivity contribution in [3.05, 3.63) is 35.2 Å². The number of carbonyl (C=O) groups is 1. The Morgan fingerprint density at radius 2 is 2.26 bits per heavy atom. The third-order valence-corrected chi connectivity index (χ3v) is 4.82. The van der Waals surface area contributed by atoms with Crippen LogP contribution in [0.15, 0.2) is 18.3 Å². The number of nitrogens with zero attached hydrogens (tertiary/aromatic N) is 2. The number of H-pyrrole nitrogens is 1. The van der Waals surface area contributed by atoms with Crippen molar-refractivity contribution in [3.63, 3.8) is 0 Å². The second-order valence-corrected chi connectivity index (χ2v) is 7.42. The molecular formula is C22H27N3O2. The minimum absolute atomic E-state index is 0.0704. The Balaban J connectivity index is 2.02. The van der Waals surface area contributed by atoms with Crippen molar-refractivity contribution in [1.29, 1.82) is 0 Å². The van der Waals surface area contributed by atoms with Crippen LogP contribution in [0.3, 0.4) is 0 Å². The van der Waals surface area contributed by atoms with Crippen molar-refractivity contribution >= 4 is 22.5 Å². The molecule has 1 aliphatic rings. The third-order valence-electron chi connectivity index (χ3n) is 4.82. The van der Waals surface area contributed by atoms with Crippen molar-refractivity contribution < 1.29 is 9.90 Å². The predicted octanol–water partition coefficient (Wildman–Crippen LogP) is 3.13. The number of nitrogens with one attached hydrogen (secondary N) is 1. The van der Waals surface area contributed by atoms with Crippen molar-refractivity contribution in [1.82, 2.24) is 14.9 Å². The zero-order valence-corrected chi connectivity index (χ0v) is 16.3. The summed E-state index contributed by atoms with van der Waals surface area (Å²) in [5.74, 6) is 6.68. The van der Waals surface area contributed by atoms with Gasteiger partial charge in [-0.3, -0.25) is 4.79 Å². The zero-order valence-electron chi connectivity index (χ0n) is 16.3. The molecule has 2 aromatic heterocycles. The summed E-state index contributed by atoms with van der Waals surface area (Å²) >= 11 is 0. The summed E-state index contributed by atoms with van der Waals surface area (Å²) in [6.45, 7) is 7.53. The van der Waals surface area contributed by atoms with Crippen molar-refractivity contribution in [2.45, 2.75) is 40.0 Å². The molecule has 0 spiro atoms. The van der Waals surface area contributed by atoms with E-state index < -0.39 is 0 Å². The van der Waals surface area contributed by atoms with Crippen LogP contribution < -0.4 is 0 Å². The Morgan fingerprint density at radius 1 is 1.44 bits per heavy atom. The summed E-state index contributed by atoms with van der Waals surface area (Å²) in [6, 6.07) is 2.09. The van der Waals surface area contributed by atoms with Crippen LogP contribution in [-0.2, 0) is 11.2 Å². The zero-order chi connectivity index (χ0) is 19.4. The van der Waals surface area contributed by atoms with Gasteiger partial charge in [0, 0.05) is 49.3 Å². The second-order valence-electron chi connectivity index (χ2n) is 7.42. The summed E-state index contributed by atoms with van der Waals surface area (Å²) in [4.78, 5) is 21.5. The fourth-order valence-corrected chi connectivity index (χ4v) is 3.49. The number of carbonyl (C=O) groups excluding carboxylic acids is 1. The van der Waals surface area contributed by atoms with E-state index in [1.165, 1.54) is 11.1 Å². The maximum atomic E-state index is 11.6. The molecule has 0 fully saturated rings. The standard InChI is InChI=1S/C22H27N3O2/c1-15(2)12-19-20-13-17(6-4-5-11-26)14-23-22(20)24-21(19)18-7-9-25(10-8-18)16(3)27/h7,13-15,26H,5,8-12H2,1-3H3,(H,23,24). The van der Waals surface area contributed by atoms with Gasteiger partial charge in [0.15, 0.2) is 0 Å². The van der Waals surface area contributed by atoms with Crippen LogP contribution in [0.5, 0.6) is 0 Å². The monoisotopic (exact) mass is 365 g/mol. The Hall–Kier alpha value is -2.58. The smallest absolute Gasteiger partial charge is 0.219 e. The molecule has 2 aromatic rings. The lowest BCUT2D eigenvalue weighted by Crippen LogP contribution is -2.32. The average molecular weight is 365 g/mol. The van der Waals surface area contributed by atoms with Crippen LogP contribution in [0.1, 0.15) is 50.4 Å². The first-order chi connectivity index (χ1) is 13.0. The molecule has 5 heteroatoms. The van der Waals surface area contributed by atoms with Crippen molar-refractivity contribution in [3.8, 4) is 11.8 Å². The van der Waals surface area contributed by atoms with Crippen LogP contribution in [0.25, 0.3) is 16.6 Å². The minimum atomic E-state index is 0.0704. The number of hydrogen-bond donors (Lipinski definition) is 2. The van der Waals surface area contributed by atoms with E-state index in [0.29, 0.717) is 18.9 Å². The van der Waals surface area contributed by atoms with Gasteiger partial charge in [-0.05, 0) is 36.0 Å². The minimum Gasteiger partial charge on any atom is -0.395 e. The lowest BCUT2D eigenvalue weighted by atomic mass is 9.94. The van der Waals surface area contributed by atoms with Gasteiger partial charge in [0.05, 0.1) is 6.61 Å². The second kappa shape index (κ2) is 8.41. The van der Waals surface area contributed by atoms with E-state index in [1.54, 1.807) is 13.1 Å². The Kier molecular flexibility index (Phi) is 5.98. The molecule has 0 aromatic carbocycles. The summed E-state index contributed by atoms with van der Waals surface area (Å²) < 4.78 is 0. The van der Waals surface area contributed by atoms with E-state index in [4.69, 9.17) is 5.11 Å². The average Bonchev–Trinajstić information content (AvgIpc) is 2.99. The molecule has 0 radical (unpaired) electrons. The molecule has 1 amide bonds. The molecule has 5 nitrogen and oxygen atoms in total. The number of aliphatic hydroxyl groups excluding tert-OH is 1. The Bertz CT molecular complexity index is 928. The van der Waals surface area contributed by atoms with Crippen molar-refractivity contribution in [2.24, 2.45) is 5.92 Å². The number of hydrogen-bond acceptors (Lipinski definition) is 3. The van der Waals surface area contributed by atoms with E-state index in [0.717, 1.165) is 41.7 Å². The molecule has 3 rings (SSSR count). The molecule has 1 aliphatic heterocycles. The normalized spacial score (nSPS) is 14.3. The topological polar surface area (TPSA) is 69.2 Å². The highest BCUT2D eigenvalue weighted by molar-refractivity contribution is 5.88. The summed E-state index contributed by atoms with van der Waals surface area (Å²) in [5.41, 5.74) is 5.43. The molecule has 0 bridgehead atoms. The molecule has 2 N–H and O–H groups in total. The number of amides is 1. The Morgan fingerprint density at radius 3 is 2.89 bits per heavy atom. The third kappa shape index (κ3) is 4.40. The lowest BCUT2D eigenvalue weighted by molar-refractivity contribution is -0.128.